The van der Waals surface area contributed by atoms with Crippen molar-refractivity contribution in [3.05, 3.63) is 12.2 Å². The van der Waals surface area contributed by atoms with Crippen LogP contribution in [0.3, 0.4) is 0 Å². The van der Waals surface area contributed by atoms with Crippen LogP contribution in [0.5, 0.6) is 0 Å². The maximum absolute atomic E-state index is 6.33. The van der Waals surface area contributed by atoms with Gasteiger partial charge in [-0.15, -0.1) is 0 Å². The van der Waals surface area contributed by atoms with E-state index in [4.69, 9.17) is 5.73 Å². The predicted molar refractivity (Wildman–Crippen MR) is 76.9 cm³/mol. The van der Waals surface area contributed by atoms with Gasteiger partial charge in [0.05, 0.1) is 0 Å². The molecule has 2 N–H and O–H groups in total. The van der Waals surface area contributed by atoms with Gasteiger partial charge in [-0.1, -0.05) is 52.2 Å². The van der Waals surface area contributed by atoms with Crippen LogP contribution in [0.4, 0.5) is 0 Å². The summed E-state index contributed by atoms with van der Waals surface area (Å²) in [6.07, 6.45) is 8.89. The predicted octanol–water partition coefficient (Wildman–Crippen LogP) is 4.52. The van der Waals surface area contributed by atoms with Gasteiger partial charge in [-0.3, -0.25) is 0 Å². The zero-order valence-electron chi connectivity index (χ0n) is 12.0. The number of hydrogen-bond donors (Lipinski definition) is 1. The Labute approximate surface area is 108 Å². The second-order valence-corrected chi connectivity index (χ2v) is 5.96. The van der Waals surface area contributed by atoms with E-state index in [9.17, 15) is 0 Å². The molecule has 0 aromatic rings. The minimum absolute atomic E-state index is 0.440. The Morgan fingerprint density at radius 2 is 1.76 bits per heavy atom. The van der Waals surface area contributed by atoms with E-state index in [0.717, 1.165) is 11.8 Å². The normalized spacial score (nSPS) is 32.2. The van der Waals surface area contributed by atoms with Gasteiger partial charge in [0.1, 0.15) is 0 Å². The summed E-state index contributed by atoms with van der Waals surface area (Å²) in [6, 6.07) is 0.440. The quantitative estimate of drug-likeness (QED) is 0.617. The van der Waals surface area contributed by atoms with E-state index in [0.29, 0.717) is 12.0 Å². The van der Waals surface area contributed by atoms with Crippen molar-refractivity contribution in [3.63, 3.8) is 0 Å². The van der Waals surface area contributed by atoms with Crippen LogP contribution in [0.15, 0.2) is 12.2 Å². The smallest absolute Gasteiger partial charge is 0.0104 e. The third kappa shape index (κ3) is 3.84. The lowest BCUT2D eigenvalue weighted by molar-refractivity contribution is 0.0419. The van der Waals surface area contributed by atoms with Crippen LogP contribution in [0.2, 0.25) is 0 Å². The SMILES string of the molecule is C=C(CCCC)CC1C(C)C(CCCC)C1N. The molecule has 1 rings (SSSR count). The van der Waals surface area contributed by atoms with Crippen LogP contribution in [0, 0.1) is 17.8 Å². The van der Waals surface area contributed by atoms with Gasteiger partial charge < -0.3 is 5.73 Å². The van der Waals surface area contributed by atoms with Gasteiger partial charge >= 0.3 is 0 Å². The van der Waals surface area contributed by atoms with E-state index in [1.165, 1.54) is 50.5 Å². The summed E-state index contributed by atoms with van der Waals surface area (Å²) in [5.41, 5.74) is 7.76. The lowest BCUT2D eigenvalue weighted by Gasteiger charge is -2.50. The first-order valence-electron chi connectivity index (χ1n) is 7.54. The zero-order chi connectivity index (χ0) is 12.8. The Morgan fingerprint density at radius 3 is 2.29 bits per heavy atom. The maximum atomic E-state index is 6.33. The summed E-state index contributed by atoms with van der Waals surface area (Å²) in [5.74, 6) is 2.30. The van der Waals surface area contributed by atoms with Crippen LogP contribution in [0.1, 0.15) is 65.7 Å². The summed E-state index contributed by atoms with van der Waals surface area (Å²) < 4.78 is 0. The third-order valence-corrected chi connectivity index (χ3v) is 4.64. The molecule has 17 heavy (non-hydrogen) atoms. The topological polar surface area (TPSA) is 26.0 Å². The maximum Gasteiger partial charge on any atom is 0.0104 e. The van der Waals surface area contributed by atoms with Crippen LogP contribution in [-0.2, 0) is 0 Å². The summed E-state index contributed by atoms with van der Waals surface area (Å²) in [6.45, 7) is 11.1. The molecule has 1 heteroatoms. The summed E-state index contributed by atoms with van der Waals surface area (Å²) in [4.78, 5) is 0. The van der Waals surface area contributed by atoms with E-state index in [-0.39, 0.29) is 0 Å². The molecular formula is C16H31N. The second-order valence-electron chi connectivity index (χ2n) is 5.96. The van der Waals surface area contributed by atoms with E-state index in [1.807, 2.05) is 0 Å². The standard InChI is InChI=1S/C16H31N/c1-5-7-9-12(3)11-15-13(4)14(16(15)17)10-8-6-2/h13-16H,3,5-11,17H2,1-2,4H3. The highest BCUT2D eigenvalue weighted by Crippen LogP contribution is 2.45. The van der Waals surface area contributed by atoms with Crippen molar-refractivity contribution >= 4 is 0 Å². The fourth-order valence-electron chi connectivity index (χ4n) is 3.27. The molecule has 4 atom stereocenters. The molecule has 0 amide bonds. The fourth-order valence-corrected chi connectivity index (χ4v) is 3.27. The van der Waals surface area contributed by atoms with Crippen LogP contribution < -0.4 is 5.73 Å². The van der Waals surface area contributed by atoms with Crippen molar-refractivity contribution < 1.29 is 0 Å². The largest absolute Gasteiger partial charge is 0.327 e. The van der Waals surface area contributed by atoms with E-state index >= 15 is 0 Å². The molecule has 1 nitrogen and oxygen atoms in total. The Kier molecular flexibility index (Phi) is 6.26. The third-order valence-electron chi connectivity index (χ3n) is 4.64. The van der Waals surface area contributed by atoms with Gasteiger partial charge in [0.25, 0.3) is 0 Å². The van der Waals surface area contributed by atoms with Crippen molar-refractivity contribution in [1.29, 1.82) is 0 Å². The minimum atomic E-state index is 0.440. The number of nitrogens with two attached hydrogens (primary N) is 1. The Hall–Kier alpha value is -0.300. The summed E-state index contributed by atoms with van der Waals surface area (Å²) in [7, 11) is 0. The monoisotopic (exact) mass is 237 g/mol. The van der Waals surface area contributed by atoms with Crippen LogP contribution >= 0.6 is 0 Å². The molecule has 0 aromatic carbocycles. The number of rotatable bonds is 8. The first kappa shape index (κ1) is 14.8. The molecule has 0 radical (unpaired) electrons. The molecular weight excluding hydrogens is 206 g/mol. The highest BCUT2D eigenvalue weighted by molar-refractivity contribution is 5.05. The average Bonchev–Trinajstić information content (AvgIpc) is 2.33. The second kappa shape index (κ2) is 7.20. The van der Waals surface area contributed by atoms with Crippen molar-refractivity contribution in [2.75, 3.05) is 0 Å². The minimum Gasteiger partial charge on any atom is -0.327 e. The molecule has 0 spiro atoms. The molecule has 0 aliphatic heterocycles. The molecule has 1 aliphatic carbocycles. The highest BCUT2D eigenvalue weighted by atomic mass is 14.7. The summed E-state index contributed by atoms with van der Waals surface area (Å²) >= 11 is 0. The van der Waals surface area contributed by atoms with Crippen molar-refractivity contribution in [3.8, 4) is 0 Å². The number of unbranched alkanes of at least 4 members (excludes halogenated alkanes) is 2. The molecule has 100 valence electrons. The van der Waals surface area contributed by atoms with E-state index in [1.54, 1.807) is 0 Å². The van der Waals surface area contributed by atoms with Gasteiger partial charge in [0.2, 0.25) is 0 Å². The first-order chi connectivity index (χ1) is 8.11. The molecule has 0 saturated heterocycles. The lowest BCUT2D eigenvalue weighted by Crippen LogP contribution is -2.55. The molecule has 1 aliphatic rings. The Morgan fingerprint density at radius 1 is 1.12 bits per heavy atom. The van der Waals surface area contributed by atoms with Crippen molar-refractivity contribution in [1.82, 2.24) is 0 Å². The molecule has 0 bridgehead atoms. The molecule has 0 aromatic heterocycles. The van der Waals surface area contributed by atoms with Gasteiger partial charge in [0.15, 0.2) is 0 Å². The molecule has 0 heterocycles. The van der Waals surface area contributed by atoms with Crippen LogP contribution in [0.25, 0.3) is 0 Å². The zero-order valence-corrected chi connectivity index (χ0v) is 12.0. The van der Waals surface area contributed by atoms with Crippen LogP contribution in [-0.4, -0.2) is 6.04 Å². The van der Waals surface area contributed by atoms with E-state index in [2.05, 4.69) is 27.4 Å². The highest BCUT2D eigenvalue weighted by Gasteiger charge is 2.44. The molecule has 1 fully saturated rings. The molecule has 4 unspecified atom stereocenters. The Bertz CT molecular complexity index is 224. The first-order valence-corrected chi connectivity index (χ1v) is 7.54. The van der Waals surface area contributed by atoms with Gasteiger partial charge in [0, 0.05) is 6.04 Å². The van der Waals surface area contributed by atoms with Gasteiger partial charge in [-0.05, 0) is 43.4 Å². The van der Waals surface area contributed by atoms with Crippen molar-refractivity contribution in [2.24, 2.45) is 23.5 Å². The summed E-state index contributed by atoms with van der Waals surface area (Å²) in [5, 5.41) is 0. The van der Waals surface area contributed by atoms with Gasteiger partial charge in [-0.2, -0.15) is 0 Å². The van der Waals surface area contributed by atoms with E-state index < -0.39 is 0 Å². The Balaban J connectivity index is 2.30. The van der Waals surface area contributed by atoms with Crippen molar-refractivity contribution in [2.45, 2.75) is 71.8 Å². The number of allylic oxidation sites excluding steroid dienone is 1. The number of hydrogen-bond acceptors (Lipinski definition) is 1. The molecule has 1 saturated carbocycles. The lowest BCUT2D eigenvalue weighted by atomic mass is 9.58. The van der Waals surface area contributed by atoms with Gasteiger partial charge in [-0.25, -0.2) is 0 Å². The average molecular weight is 237 g/mol. The fraction of sp³-hybridized carbons (Fsp3) is 0.875.